The quantitative estimate of drug-likeness (QED) is 0.726. The normalized spacial score (nSPS) is 11.3. The van der Waals surface area contributed by atoms with E-state index in [-0.39, 0.29) is 0 Å². The Kier molecular flexibility index (Phi) is 3.95. The van der Waals surface area contributed by atoms with Gasteiger partial charge in [-0.1, -0.05) is 23.7 Å². The Bertz CT molecular complexity index is 383. The summed E-state index contributed by atoms with van der Waals surface area (Å²) in [6.07, 6.45) is -1.87. The third kappa shape index (κ3) is 3.15. The van der Waals surface area contributed by atoms with Crippen LogP contribution in [0.25, 0.3) is 0 Å². The Morgan fingerprint density at radius 3 is 2.53 bits per heavy atom. The second kappa shape index (κ2) is 5.23. The first-order valence-corrected chi connectivity index (χ1v) is 4.45. The molecule has 0 spiro atoms. The third-order valence-electron chi connectivity index (χ3n) is 1.67. The van der Waals surface area contributed by atoms with Gasteiger partial charge in [-0.05, 0) is 12.1 Å². The van der Waals surface area contributed by atoms with Gasteiger partial charge in [0.25, 0.3) is 0 Å². The fraction of sp³-hybridized carbons (Fsp3) is 0.200. The SMILES string of the molecule is COC(=O)OC(C#N)c1ccc(Cl)cc1. The Morgan fingerprint density at radius 1 is 1.47 bits per heavy atom. The highest BCUT2D eigenvalue weighted by Gasteiger charge is 2.15. The Morgan fingerprint density at radius 2 is 2.07 bits per heavy atom. The number of benzene rings is 1. The molecule has 15 heavy (non-hydrogen) atoms. The minimum Gasteiger partial charge on any atom is -0.438 e. The van der Waals surface area contributed by atoms with Gasteiger partial charge in [0.05, 0.1) is 7.11 Å². The van der Waals surface area contributed by atoms with Gasteiger partial charge in [0, 0.05) is 10.6 Å². The van der Waals surface area contributed by atoms with Gasteiger partial charge in [-0.2, -0.15) is 5.26 Å². The minimum absolute atomic E-state index is 0.548. The zero-order valence-corrected chi connectivity index (χ0v) is 8.69. The molecule has 0 fully saturated rings. The van der Waals surface area contributed by atoms with Gasteiger partial charge in [0.15, 0.2) is 0 Å². The molecule has 0 aliphatic carbocycles. The molecule has 0 aliphatic heterocycles. The van der Waals surface area contributed by atoms with Crippen molar-refractivity contribution in [2.75, 3.05) is 7.11 Å². The predicted octanol–water partition coefficient (Wildman–Crippen LogP) is 2.69. The Hall–Kier alpha value is -1.73. The van der Waals surface area contributed by atoms with Crippen molar-refractivity contribution in [1.29, 1.82) is 5.26 Å². The van der Waals surface area contributed by atoms with Crippen molar-refractivity contribution in [2.45, 2.75) is 6.10 Å². The maximum atomic E-state index is 10.8. The number of ether oxygens (including phenoxy) is 2. The molecule has 0 aliphatic rings. The third-order valence-corrected chi connectivity index (χ3v) is 1.92. The van der Waals surface area contributed by atoms with Crippen LogP contribution >= 0.6 is 11.6 Å². The highest BCUT2D eigenvalue weighted by molar-refractivity contribution is 6.30. The summed E-state index contributed by atoms with van der Waals surface area (Å²) >= 11 is 5.68. The van der Waals surface area contributed by atoms with Crippen LogP contribution in [-0.2, 0) is 9.47 Å². The molecule has 1 aromatic carbocycles. The van der Waals surface area contributed by atoms with E-state index in [1.165, 1.54) is 7.11 Å². The van der Waals surface area contributed by atoms with Crippen LogP contribution in [0.5, 0.6) is 0 Å². The minimum atomic E-state index is -0.977. The summed E-state index contributed by atoms with van der Waals surface area (Å²) in [5, 5.41) is 9.33. The van der Waals surface area contributed by atoms with Crippen molar-refractivity contribution in [3.05, 3.63) is 34.9 Å². The monoisotopic (exact) mass is 225 g/mol. The molecule has 1 atom stereocenters. The summed E-state index contributed by atoms with van der Waals surface area (Å²) in [6.45, 7) is 0. The average molecular weight is 226 g/mol. The lowest BCUT2D eigenvalue weighted by Crippen LogP contribution is -2.09. The molecule has 0 saturated heterocycles. The molecule has 78 valence electrons. The van der Waals surface area contributed by atoms with Crippen LogP contribution in [-0.4, -0.2) is 13.3 Å². The standard InChI is InChI=1S/C10H8ClNO3/c1-14-10(13)15-9(6-12)7-2-4-8(11)5-3-7/h2-5,9H,1H3. The molecule has 1 unspecified atom stereocenters. The first-order valence-electron chi connectivity index (χ1n) is 4.07. The average Bonchev–Trinajstić information content (AvgIpc) is 2.27. The second-order valence-electron chi connectivity index (χ2n) is 2.63. The largest absolute Gasteiger partial charge is 0.509 e. The highest BCUT2D eigenvalue weighted by atomic mass is 35.5. The first-order chi connectivity index (χ1) is 7.17. The molecular formula is C10H8ClNO3. The van der Waals surface area contributed by atoms with Gasteiger partial charge in [-0.15, -0.1) is 0 Å². The number of halogens is 1. The molecule has 1 rings (SSSR count). The van der Waals surface area contributed by atoms with E-state index in [1.54, 1.807) is 24.3 Å². The highest BCUT2D eigenvalue weighted by Crippen LogP contribution is 2.19. The van der Waals surface area contributed by atoms with Crippen LogP contribution in [0.4, 0.5) is 4.79 Å². The van der Waals surface area contributed by atoms with Gasteiger partial charge in [-0.25, -0.2) is 4.79 Å². The number of hydrogen-bond acceptors (Lipinski definition) is 4. The smallest absolute Gasteiger partial charge is 0.438 e. The van der Waals surface area contributed by atoms with E-state index in [2.05, 4.69) is 4.74 Å². The lowest BCUT2D eigenvalue weighted by atomic mass is 10.1. The molecule has 0 heterocycles. The number of methoxy groups -OCH3 is 1. The fourth-order valence-electron chi connectivity index (χ4n) is 0.951. The molecule has 0 amide bonds. The van der Waals surface area contributed by atoms with E-state index >= 15 is 0 Å². The summed E-state index contributed by atoms with van der Waals surface area (Å²) in [5.41, 5.74) is 0.548. The van der Waals surface area contributed by atoms with E-state index in [1.807, 2.05) is 6.07 Å². The number of rotatable bonds is 2. The summed E-state index contributed by atoms with van der Waals surface area (Å²) in [5.74, 6) is 0. The number of nitrogens with zero attached hydrogens (tertiary/aromatic N) is 1. The van der Waals surface area contributed by atoms with Crippen LogP contribution in [0, 0.1) is 11.3 Å². The number of carbonyl (C=O) groups excluding carboxylic acids is 1. The van der Waals surface area contributed by atoms with E-state index in [0.29, 0.717) is 10.6 Å². The predicted molar refractivity (Wildman–Crippen MR) is 53.3 cm³/mol. The zero-order chi connectivity index (χ0) is 11.3. The van der Waals surface area contributed by atoms with Crippen LogP contribution in [0.2, 0.25) is 5.02 Å². The van der Waals surface area contributed by atoms with E-state index < -0.39 is 12.3 Å². The zero-order valence-electron chi connectivity index (χ0n) is 7.94. The lowest BCUT2D eigenvalue weighted by Gasteiger charge is -2.09. The number of carbonyl (C=O) groups is 1. The molecule has 4 nitrogen and oxygen atoms in total. The van der Waals surface area contributed by atoms with Crippen molar-refractivity contribution in [3.8, 4) is 6.07 Å². The van der Waals surface area contributed by atoms with Gasteiger partial charge in [0.2, 0.25) is 6.10 Å². The summed E-state index contributed by atoms with van der Waals surface area (Å²) < 4.78 is 9.00. The molecule has 0 radical (unpaired) electrons. The van der Waals surface area contributed by atoms with Gasteiger partial charge in [0.1, 0.15) is 6.07 Å². The molecule has 1 aromatic rings. The maximum absolute atomic E-state index is 10.8. The van der Waals surface area contributed by atoms with E-state index in [9.17, 15) is 4.79 Å². The molecule has 0 bridgehead atoms. The summed E-state index contributed by atoms with van der Waals surface area (Å²) in [6, 6.07) is 8.28. The maximum Gasteiger partial charge on any atom is 0.509 e. The lowest BCUT2D eigenvalue weighted by molar-refractivity contribution is 0.0544. The van der Waals surface area contributed by atoms with E-state index in [4.69, 9.17) is 21.6 Å². The van der Waals surface area contributed by atoms with Gasteiger partial charge < -0.3 is 9.47 Å². The molecule has 5 heteroatoms. The molecular weight excluding hydrogens is 218 g/mol. The van der Waals surface area contributed by atoms with E-state index in [0.717, 1.165) is 0 Å². The number of nitriles is 1. The molecule has 0 saturated carbocycles. The van der Waals surface area contributed by atoms with Gasteiger partial charge in [-0.3, -0.25) is 0 Å². The van der Waals surface area contributed by atoms with Crippen molar-refractivity contribution < 1.29 is 14.3 Å². The Balaban J connectivity index is 2.80. The molecule has 0 aromatic heterocycles. The van der Waals surface area contributed by atoms with Gasteiger partial charge >= 0.3 is 6.16 Å². The summed E-state index contributed by atoms with van der Waals surface area (Å²) in [7, 11) is 1.18. The van der Waals surface area contributed by atoms with Crippen LogP contribution in [0.15, 0.2) is 24.3 Å². The fourth-order valence-corrected chi connectivity index (χ4v) is 1.08. The van der Waals surface area contributed by atoms with Crippen LogP contribution in [0.1, 0.15) is 11.7 Å². The molecule has 0 N–H and O–H groups in total. The van der Waals surface area contributed by atoms with Crippen molar-refractivity contribution in [1.82, 2.24) is 0 Å². The van der Waals surface area contributed by atoms with Crippen molar-refractivity contribution >= 4 is 17.8 Å². The van der Waals surface area contributed by atoms with Crippen LogP contribution < -0.4 is 0 Å². The second-order valence-corrected chi connectivity index (χ2v) is 3.07. The van der Waals surface area contributed by atoms with Crippen molar-refractivity contribution in [3.63, 3.8) is 0 Å². The van der Waals surface area contributed by atoms with Crippen LogP contribution in [0.3, 0.4) is 0 Å². The number of hydrogen-bond donors (Lipinski definition) is 0. The Labute approximate surface area is 92.0 Å². The topological polar surface area (TPSA) is 59.3 Å². The summed E-state index contributed by atoms with van der Waals surface area (Å²) in [4.78, 5) is 10.8. The van der Waals surface area contributed by atoms with Crippen molar-refractivity contribution in [2.24, 2.45) is 0 Å². The first kappa shape index (κ1) is 11.3.